The molecule has 0 aliphatic carbocycles. The van der Waals surface area contributed by atoms with Crippen LogP contribution in [0.4, 0.5) is 5.82 Å². The number of guanidine groups is 1. The molecule has 0 saturated carbocycles. The molecule has 0 radical (unpaired) electrons. The normalized spacial score (nSPS) is 15.4. The van der Waals surface area contributed by atoms with Crippen LogP contribution in [0.25, 0.3) is 0 Å². The molecule has 6 nitrogen and oxygen atoms in total. The molecule has 1 aromatic heterocycles. The van der Waals surface area contributed by atoms with Crippen molar-refractivity contribution in [2.24, 2.45) is 4.99 Å². The topological polar surface area (TPSA) is 55.8 Å². The molecule has 0 bridgehead atoms. The summed E-state index contributed by atoms with van der Waals surface area (Å²) in [6.07, 6.45) is 1.90. The Balaban J connectivity index is 0.00000341. The summed E-state index contributed by atoms with van der Waals surface area (Å²) in [5, 5.41) is 6.89. The summed E-state index contributed by atoms with van der Waals surface area (Å²) < 4.78 is 0. The molecule has 0 amide bonds. The third kappa shape index (κ3) is 7.64. The Kier molecular flexibility index (Phi) is 10.0. The highest BCUT2D eigenvalue weighted by atomic mass is 127. The van der Waals surface area contributed by atoms with Crippen LogP contribution in [0.5, 0.6) is 0 Å². The van der Waals surface area contributed by atoms with E-state index in [1.807, 2.05) is 6.20 Å². The zero-order chi connectivity index (χ0) is 21.4. The molecule has 1 aliphatic heterocycles. The molecule has 0 unspecified atom stereocenters. The lowest BCUT2D eigenvalue weighted by atomic mass is 9.85. The lowest BCUT2D eigenvalue weighted by Gasteiger charge is -2.33. The molecular formula is C24H37IN6. The second kappa shape index (κ2) is 12.2. The van der Waals surface area contributed by atoms with Crippen molar-refractivity contribution in [3.63, 3.8) is 0 Å². The number of anilines is 1. The van der Waals surface area contributed by atoms with Crippen LogP contribution in [0.1, 0.15) is 31.9 Å². The number of pyridine rings is 1. The number of benzene rings is 1. The monoisotopic (exact) mass is 536 g/mol. The smallest absolute Gasteiger partial charge is 0.191 e. The van der Waals surface area contributed by atoms with Crippen LogP contribution >= 0.6 is 24.0 Å². The molecule has 1 aromatic carbocycles. The molecule has 170 valence electrons. The first-order valence-corrected chi connectivity index (χ1v) is 10.9. The summed E-state index contributed by atoms with van der Waals surface area (Å²) in [6.45, 7) is 13.1. The van der Waals surface area contributed by atoms with Gasteiger partial charge in [-0.15, -0.1) is 24.0 Å². The molecule has 2 heterocycles. The second-order valence-electron chi connectivity index (χ2n) is 8.61. The van der Waals surface area contributed by atoms with Crippen molar-refractivity contribution in [3.05, 3.63) is 59.8 Å². The van der Waals surface area contributed by atoms with E-state index in [1.54, 1.807) is 0 Å². The molecule has 2 aromatic rings. The van der Waals surface area contributed by atoms with Crippen molar-refractivity contribution in [2.75, 3.05) is 51.2 Å². The maximum absolute atomic E-state index is 4.82. The van der Waals surface area contributed by atoms with E-state index < -0.39 is 0 Å². The van der Waals surface area contributed by atoms with E-state index in [2.05, 4.69) is 95.7 Å². The largest absolute Gasteiger partial charge is 0.357 e. The predicted molar refractivity (Wildman–Crippen MR) is 142 cm³/mol. The van der Waals surface area contributed by atoms with Crippen molar-refractivity contribution in [2.45, 2.75) is 32.7 Å². The molecule has 1 aliphatic rings. The fraction of sp³-hybridized carbons (Fsp3) is 0.500. The summed E-state index contributed by atoms with van der Waals surface area (Å²) in [7, 11) is 2.17. The Labute approximate surface area is 204 Å². The Morgan fingerprint density at radius 2 is 1.77 bits per heavy atom. The first-order chi connectivity index (χ1) is 14.5. The maximum atomic E-state index is 4.82. The van der Waals surface area contributed by atoms with Crippen molar-refractivity contribution in [1.29, 1.82) is 0 Å². The minimum absolute atomic E-state index is 0. The third-order valence-electron chi connectivity index (χ3n) is 5.65. The van der Waals surface area contributed by atoms with Gasteiger partial charge in [0.25, 0.3) is 0 Å². The number of aromatic nitrogens is 1. The van der Waals surface area contributed by atoms with E-state index in [0.717, 1.165) is 51.0 Å². The molecule has 0 spiro atoms. The number of rotatable bonds is 7. The number of halogens is 1. The zero-order valence-corrected chi connectivity index (χ0v) is 21.6. The number of likely N-dealkylation sites (N-methyl/N-ethyl adjacent to an activating group) is 1. The van der Waals surface area contributed by atoms with Gasteiger partial charge in [0.15, 0.2) is 5.96 Å². The number of hydrogen-bond acceptors (Lipinski definition) is 4. The minimum atomic E-state index is 0. The van der Waals surface area contributed by atoms with Crippen molar-refractivity contribution < 1.29 is 0 Å². The van der Waals surface area contributed by atoms with Gasteiger partial charge < -0.3 is 20.4 Å². The van der Waals surface area contributed by atoms with E-state index in [0.29, 0.717) is 6.54 Å². The Hall–Kier alpha value is -1.87. The standard InChI is InChI=1S/C24H36N6.HI/c1-5-25-23(28-19-24(2,3)21-9-7-6-8-10-21)27-18-20-11-12-26-22(17-20)30-15-13-29(4)14-16-30;/h6-12,17H,5,13-16,18-19H2,1-4H3,(H2,25,27,28);1H. The lowest BCUT2D eigenvalue weighted by Crippen LogP contribution is -2.44. The Morgan fingerprint density at radius 3 is 2.45 bits per heavy atom. The average molecular weight is 537 g/mol. The highest BCUT2D eigenvalue weighted by molar-refractivity contribution is 14.0. The first-order valence-electron chi connectivity index (χ1n) is 10.9. The molecular weight excluding hydrogens is 499 g/mol. The number of aliphatic imine (C=N–C) groups is 1. The highest BCUT2D eigenvalue weighted by Gasteiger charge is 2.20. The summed E-state index contributed by atoms with van der Waals surface area (Å²) in [5.41, 5.74) is 2.51. The Bertz CT molecular complexity index is 816. The van der Waals surface area contributed by atoms with Crippen molar-refractivity contribution in [1.82, 2.24) is 20.5 Å². The van der Waals surface area contributed by atoms with Gasteiger partial charge in [0, 0.05) is 50.9 Å². The van der Waals surface area contributed by atoms with Crippen LogP contribution in [-0.2, 0) is 12.0 Å². The van der Waals surface area contributed by atoms with Gasteiger partial charge in [-0.2, -0.15) is 0 Å². The van der Waals surface area contributed by atoms with Crippen molar-refractivity contribution in [3.8, 4) is 0 Å². The second-order valence-corrected chi connectivity index (χ2v) is 8.61. The van der Waals surface area contributed by atoms with Crippen LogP contribution in [-0.4, -0.2) is 62.2 Å². The van der Waals surface area contributed by atoms with E-state index in [9.17, 15) is 0 Å². The third-order valence-corrected chi connectivity index (χ3v) is 5.65. The van der Waals surface area contributed by atoms with Gasteiger partial charge >= 0.3 is 0 Å². The van der Waals surface area contributed by atoms with Gasteiger partial charge in [-0.1, -0.05) is 44.2 Å². The zero-order valence-electron chi connectivity index (χ0n) is 19.3. The van der Waals surface area contributed by atoms with E-state index in [1.165, 1.54) is 11.1 Å². The van der Waals surface area contributed by atoms with E-state index in [4.69, 9.17) is 4.99 Å². The van der Waals surface area contributed by atoms with Gasteiger partial charge in [-0.25, -0.2) is 9.98 Å². The highest BCUT2D eigenvalue weighted by Crippen LogP contribution is 2.21. The van der Waals surface area contributed by atoms with E-state index in [-0.39, 0.29) is 29.4 Å². The van der Waals surface area contributed by atoms with Crippen LogP contribution < -0.4 is 15.5 Å². The van der Waals surface area contributed by atoms with E-state index >= 15 is 0 Å². The minimum Gasteiger partial charge on any atom is -0.357 e. The van der Waals surface area contributed by atoms with Gasteiger partial charge in [-0.3, -0.25) is 0 Å². The van der Waals surface area contributed by atoms with Crippen LogP contribution in [0.3, 0.4) is 0 Å². The predicted octanol–water partition coefficient (Wildman–Crippen LogP) is 3.48. The molecule has 1 saturated heterocycles. The van der Waals surface area contributed by atoms with Crippen LogP contribution in [0, 0.1) is 0 Å². The van der Waals surface area contributed by atoms with Crippen molar-refractivity contribution >= 4 is 35.8 Å². The van der Waals surface area contributed by atoms with Crippen LogP contribution in [0.2, 0.25) is 0 Å². The van der Waals surface area contributed by atoms with Gasteiger partial charge in [0.1, 0.15) is 5.82 Å². The number of piperazine rings is 1. The molecule has 1 fully saturated rings. The fourth-order valence-electron chi connectivity index (χ4n) is 3.58. The van der Waals surface area contributed by atoms with Gasteiger partial charge in [0.05, 0.1) is 6.54 Å². The maximum Gasteiger partial charge on any atom is 0.191 e. The quantitative estimate of drug-likeness (QED) is 0.323. The number of nitrogens with one attached hydrogen (secondary N) is 2. The molecule has 0 atom stereocenters. The first kappa shape index (κ1) is 25.4. The summed E-state index contributed by atoms with van der Waals surface area (Å²) >= 11 is 0. The number of hydrogen-bond donors (Lipinski definition) is 2. The molecule has 2 N–H and O–H groups in total. The Morgan fingerprint density at radius 1 is 1.06 bits per heavy atom. The number of nitrogens with zero attached hydrogens (tertiary/aromatic N) is 4. The fourth-order valence-corrected chi connectivity index (χ4v) is 3.58. The average Bonchev–Trinajstić information content (AvgIpc) is 2.77. The molecule has 7 heteroatoms. The summed E-state index contributed by atoms with van der Waals surface area (Å²) in [5.74, 6) is 1.90. The lowest BCUT2D eigenvalue weighted by molar-refractivity contribution is 0.312. The summed E-state index contributed by atoms with van der Waals surface area (Å²) in [6, 6.07) is 14.8. The molecule has 31 heavy (non-hydrogen) atoms. The summed E-state index contributed by atoms with van der Waals surface area (Å²) in [4.78, 5) is 14.1. The van der Waals surface area contributed by atoms with Gasteiger partial charge in [-0.05, 0) is 37.2 Å². The van der Waals surface area contributed by atoms with Gasteiger partial charge in [0.2, 0.25) is 0 Å². The molecule has 3 rings (SSSR count). The SMILES string of the molecule is CCNC(=NCc1ccnc(N2CCN(C)CC2)c1)NCC(C)(C)c1ccccc1.I. The van der Waals surface area contributed by atoms with Crippen LogP contribution in [0.15, 0.2) is 53.7 Å².